The molecule has 0 spiro atoms. The molecule has 2 aliphatic heterocycles. The minimum absolute atomic E-state index is 0.00124. The summed E-state index contributed by atoms with van der Waals surface area (Å²) in [4.78, 5) is 28.3. The second-order valence-corrected chi connectivity index (χ2v) is 5.19. The number of aliphatic carboxylic acids is 1. The summed E-state index contributed by atoms with van der Waals surface area (Å²) in [6.07, 6.45) is 7.06. The number of aromatic nitrogens is 1. The van der Waals surface area contributed by atoms with Crippen LogP contribution in [0.3, 0.4) is 0 Å². The van der Waals surface area contributed by atoms with Crippen LogP contribution in [0.15, 0.2) is 48.2 Å². The van der Waals surface area contributed by atoms with Crippen molar-refractivity contribution in [3.05, 3.63) is 59.4 Å². The third-order valence-electron chi connectivity index (χ3n) is 3.94. The number of carbonyl (C=O) groups is 2. The molecule has 2 N–H and O–H groups in total. The average Bonchev–Trinajstić information content (AvgIpc) is 2.83. The number of hydrogen-bond acceptors (Lipinski definition) is 2. The predicted molar refractivity (Wildman–Crippen MR) is 82.5 cm³/mol. The summed E-state index contributed by atoms with van der Waals surface area (Å²) in [5.41, 5.74) is 3.23. The summed E-state index contributed by atoms with van der Waals surface area (Å²) < 4.78 is 0. The van der Waals surface area contributed by atoms with Crippen LogP contribution in [0.4, 0.5) is 0 Å². The normalized spacial score (nSPS) is 16.7. The monoisotopic (exact) mass is 292 g/mol. The van der Waals surface area contributed by atoms with Crippen molar-refractivity contribution in [2.24, 2.45) is 0 Å². The number of rotatable bonds is 1. The summed E-state index contributed by atoms with van der Waals surface area (Å²) in [6.45, 7) is 0. The molecule has 2 aromatic rings. The lowest BCUT2D eigenvalue weighted by molar-refractivity contribution is -0.136. The quantitative estimate of drug-likeness (QED) is 0.848. The van der Waals surface area contributed by atoms with Gasteiger partial charge in [0.25, 0.3) is 5.91 Å². The molecule has 4 rings (SSSR count). The Morgan fingerprint density at radius 1 is 1.18 bits per heavy atom. The van der Waals surface area contributed by atoms with Crippen LogP contribution in [0.2, 0.25) is 0 Å². The van der Waals surface area contributed by atoms with E-state index < -0.39 is 5.97 Å². The number of aromatic amines is 1. The van der Waals surface area contributed by atoms with Crippen LogP contribution < -0.4 is 0 Å². The van der Waals surface area contributed by atoms with Crippen molar-refractivity contribution in [3.8, 4) is 0 Å². The van der Waals surface area contributed by atoms with Crippen LogP contribution in [-0.2, 0) is 9.59 Å². The van der Waals surface area contributed by atoms with Crippen LogP contribution in [0.5, 0.6) is 0 Å². The van der Waals surface area contributed by atoms with Gasteiger partial charge >= 0.3 is 5.97 Å². The highest BCUT2D eigenvalue weighted by molar-refractivity contribution is 6.09. The second kappa shape index (κ2) is 4.46. The lowest BCUT2D eigenvalue weighted by atomic mass is 10.1. The number of hydrogen-bond donors (Lipinski definition) is 2. The van der Waals surface area contributed by atoms with Gasteiger partial charge in [0.05, 0.1) is 11.4 Å². The molecule has 1 aromatic carbocycles. The lowest BCUT2D eigenvalue weighted by Crippen LogP contribution is -2.32. The minimum Gasteiger partial charge on any atom is -0.477 e. The molecular formula is C17H12N2O3. The average molecular weight is 292 g/mol. The van der Waals surface area contributed by atoms with Gasteiger partial charge in [0, 0.05) is 22.5 Å². The maximum Gasteiger partial charge on any atom is 0.352 e. The molecule has 1 aromatic heterocycles. The third kappa shape index (κ3) is 1.65. The first-order valence-corrected chi connectivity index (χ1v) is 6.93. The molecule has 2 aliphatic rings. The standard InChI is InChI=1S/C17H12N2O3/c20-15-9-8-11-10-4-1-2-5-12(10)18-16(11)13-6-3-7-14(17(21)22)19(13)15/h1-2,4-9,18H,3H2,(H,21,22). The number of nitrogens with one attached hydrogen (secondary N) is 1. The number of carboxylic acid groups (broad SMARTS) is 1. The van der Waals surface area contributed by atoms with E-state index in [-0.39, 0.29) is 11.6 Å². The number of benzene rings is 1. The molecule has 22 heavy (non-hydrogen) atoms. The maximum absolute atomic E-state index is 12.3. The van der Waals surface area contributed by atoms with Crippen molar-refractivity contribution < 1.29 is 14.7 Å². The number of allylic oxidation sites excluding steroid dienone is 2. The zero-order chi connectivity index (χ0) is 15.3. The van der Waals surface area contributed by atoms with Gasteiger partial charge in [-0.25, -0.2) is 4.79 Å². The Bertz CT molecular complexity index is 915. The van der Waals surface area contributed by atoms with Crippen molar-refractivity contribution in [1.82, 2.24) is 9.88 Å². The molecule has 0 bridgehead atoms. The van der Waals surface area contributed by atoms with Gasteiger partial charge in [-0.2, -0.15) is 0 Å². The molecule has 108 valence electrons. The van der Waals surface area contributed by atoms with E-state index in [0.717, 1.165) is 22.2 Å². The first-order valence-electron chi connectivity index (χ1n) is 6.93. The van der Waals surface area contributed by atoms with Crippen LogP contribution >= 0.6 is 0 Å². The van der Waals surface area contributed by atoms with E-state index in [0.29, 0.717) is 12.1 Å². The van der Waals surface area contributed by atoms with Crippen LogP contribution in [0.1, 0.15) is 17.7 Å². The van der Waals surface area contributed by atoms with E-state index >= 15 is 0 Å². The third-order valence-corrected chi connectivity index (χ3v) is 3.94. The highest BCUT2D eigenvalue weighted by Gasteiger charge is 2.32. The van der Waals surface area contributed by atoms with E-state index in [9.17, 15) is 14.7 Å². The molecule has 0 saturated heterocycles. The summed E-state index contributed by atoms with van der Waals surface area (Å²) in [5, 5.41) is 10.4. The summed E-state index contributed by atoms with van der Waals surface area (Å²) in [5.74, 6) is -1.46. The van der Waals surface area contributed by atoms with Gasteiger partial charge in [-0.15, -0.1) is 0 Å². The predicted octanol–water partition coefficient (Wildman–Crippen LogP) is 2.74. The Morgan fingerprint density at radius 2 is 2.00 bits per heavy atom. The fraction of sp³-hybridized carbons (Fsp3) is 0.0588. The van der Waals surface area contributed by atoms with Crippen LogP contribution in [0, 0.1) is 0 Å². The number of carbonyl (C=O) groups excluding carboxylic acids is 1. The number of nitrogens with zero attached hydrogens (tertiary/aromatic N) is 1. The maximum atomic E-state index is 12.3. The van der Waals surface area contributed by atoms with E-state index in [2.05, 4.69) is 4.98 Å². The topological polar surface area (TPSA) is 73.4 Å². The van der Waals surface area contributed by atoms with Gasteiger partial charge < -0.3 is 10.1 Å². The minimum atomic E-state index is -1.10. The van der Waals surface area contributed by atoms with E-state index in [1.165, 1.54) is 11.0 Å². The highest BCUT2D eigenvalue weighted by Crippen LogP contribution is 2.36. The SMILES string of the molecule is O=C(O)C1=CCC=C2c3[nH]c4ccccc4c3C=CC(=O)N12. The first-order chi connectivity index (χ1) is 10.7. The van der Waals surface area contributed by atoms with E-state index in [1.807, 2.05) is 30.3 Å². The molecular weight excluding hydrogens is 280 g/mol. The van der Waals surface area contributed by atoms with Crippen LogP contribution in [0.25, 0.3) is 22.7 Å². The zero-order valence-corrected chi connectivity index (χ0v) is 11.5. The molecule has 5 nitrogen and oxygen atoms in total. The molecule has 5 heteroatoms. The number of carboxylic acids is 1. The van der Waals surface area contributed by atoms with Gasteiger partial charge in [0.2, 0.25) is 0 Å². The molecule has 1 amide bonds. The van der Waals surface area contributed by atoms with Crippen molar-refractivity contribution in [3.63, 3.8) is 0 Å². The molecule has 0 radical (unpaired) electrons. The summed E-state index contributed by atoms with van der Waals surface area (Å²) in [6, 6.07) is 7.81. The van der Waals surface area contributed by atoms with Gasteiger partial charge in [-0.05, 0) is 24.6 Å². The number of para-hydroxylation sites is 1. The van der Waals surface area contributed by atoms with E-state index in [4.69, 9.17) is 0 Å². The van der Waals surface area contributed by atoms with Gasteiger partial charge in [0.1, 0.15) is 5.70 Å². The lowest BCUT2D eigenvalue weighted by Gasteiger charge is -2.26. The van der Waals surface area contributed by atoms with Crippen molar-refractivity contribution in [1.29, 1.82) is 0 Å². The zero-order valence-electron chi connectivity index (χ0n) is 11.5. The molecule has 0 saturated carbocycles. The Labute approximate surface area is 125 Å². The molecule has 0 unspecified atom stereocenters. The first kappa shape index (κ1) is 12.6. The fourth-order valence-corrected chi connectivity index (χ4v) is 3.00. The van der Waals surface area contributed by atoms with E-state index in [1.54, 1.807) is 12.2 Å². The van der Waals surface area contributed by atoms with Crippen molar-refractivity contribution in [2.45, 2.75) is 6.42 Å². The van der Waals surface area contributed by atoms with Gasteiger partial charge in [0.15, 0.2) is 0 Å². The molecule has 0 atom stereocenters. The number of H-pyrrole nitrogens is 1. The van der Waals surface area contributed by atoms with Crippen molar-refractivity contribution >= 4 is 34.6 Å². The van der Waals surface area contributed by atoms with Crippen molar-refractivity contribution in [2.75, 3.05) is 0 Å². The molecule has 0 fully saturated rings. The molecule has 0 aliphatic carbocycles. The largest absolute Gasteiger partial charge is 0.477 e. The fourth-order valence-electron chi connectivity index (χ4n) is 3.00. The van der Waals surface area contributed by atoms with Crippen LogP contribution in [-0.4, -0.2) is 26.9 Å². The Balaban J connectivity index is 1.99. The Kier molecular flexibility index (Phi) is 2.56. The van der Waals surface area contributed by atoms with Gasteiger partial charge in [-0.3, -0.25) is 9.69 Å². The molecule has 3 heterocycles. The highest BCUT2D eigenvalue weighted by atomic mass is 16.4. The number of amides is 1. The summed E-state index contributed by atoms with van der Waals surface area (Å²) in [7, 11) is 0. The number of fused-ring (bicyclic) bond motifs is 5. The Hall–Kier alpha value is -3.08. The second-order valence-electron chi connectivity index (χ2n) is 5.19. The smallest absolute Gasteiger partial charge is 0.352 e. The summed E-state index contributed by atoms with van der Waals surface area (Å²) >= 11 is 0. The Morgan fingerprint density at radius 3 is 2.82 bits per heavy atom. The van der Waals surface area contributed by atoms with Gasteiger partial charge in [-0.1, -0.05) is 24.3 Å².